The smallest absolute Gasteiger partial charge is 0.147 e. The molecule has 0 fully saturated rings. The summed E-state index contributed by atoms with van der Waals surface area (Å²) in [5.74, 6) is 0. The standard InChI is InChI=1S/C15H18OSi/c1-11-3-7-13(8-4-11)15(16-17)14-9-5-12(2)6-10-14/h3-10,15H,1-2,17H3. The van der Waals surface area contributed by atoms with E-state index in [9.17, 15) is 0 Å². The van der Waals surface area contributed by atoms with E-state index in [1.807, 2.05) is 0 Å². The fraction of sp³-hybridized carbons (Fsp3) is 0.200. The second kappa shape index (κ2) is 5.30. The molecule has 0 amide bonds. The molecule has 2 rings (SSSR count). The Morgan fingerprint density at radius 3 is 1.41 bits per heavy atom. The van der Waals surface area contributed by atoms with E-state index in [4.69, 9.17) is 4.43 Å². The van der Waals surface area contributed by atoms with Crippen molar-refractivity contribution < 1.29 is 4.43 Å². The summed E-state index contributed by atoms with van der Waals surface area (Å²) in [4.78, 5) is 0. The number of hydrogen-bond donors (Lipinski definition) is 0. The highest BCUT2D eigenvalue weighted by atomic mass is 28.2. The molecule has 0 unspecified atom stereocenters. The summed E-state index contributed by atoms with van der Waals surface area (Å²) in [6, 6.07) is 17.1. The van der Waals surface area contributed by atoms with Gasteiger partial charge in [0.05, 0.1) is 6.10 Å². The molecule has 0 spiro atoms. The lowest BCUT2D eigenvalue weighted by Gasteiger charge is -2.17. The summed E-state index contributed by atoms with van der Waals surface area (Å²) in [5, 5.41) is 0. The molecule has 0 heterocycles. The van der Waals surface area contributed by atoms with E-state index in [1.54, 1.807) is 0 Å². The van der Waals surface area contributed by atoms with Crippen molar-refractivity contribution in [2.24, 2.45) is 0 Å². The van der Waals surface area contributed by atoms with Crippen LogP contribution in [0, 0.1) is 13.8 Å². The van der Waals surface area contributed by atoms with Gasteiger partial charge in [0.25, 0.3) is 0 Å². The second-order valence-corrected chi connectivity index (χ2v) is 4.91. The molecule has 17 heavy (non-hydrogen) atoms. The fourth-order valence-corrected chi connectivity index (χ4v) is 2.49. The maximum atomic E-state index is 5.74. The fourth-order valence-electron chi connectivity index (χ4n) is 1.95. The zero-order chi connectivity index (χ0) is 12.3. The number of aryl methyl sites for hydroxylation is 2. The maximum Gasteiger partial charge on any atom is 0.147 e. The molecule has 0 N–H and O–H groups in total. The summed E-state index contributed by atoms with van der Waals surface area (Å²) in [7, 11) is 0.738. The van der Waals surface area contributed by atoms with Gasteiger partial charge in [0.1, 0.15) is 10.5 Å². The maximum absolute atomic E-state index is 5.74. The third kappa shape index (κ3) is 2.84. The lowest BCUT2D eigenvalue weighted by Crippen LogP contribution is -2.04. The van der Waals surface area contributed by atoms with Gasteiger partial charge in [-0.05, 0) is 25.0 Å². The first-order chi connectivity index (χ1) is 8.20. The summed E-state index contributed by atoms with van der Waals surface area (Å²) in [6.07, 6.45) is 0.0860. The molecular formula is C15H18OSi. The van der Waals surface area contributed by atoms with Crippen molar-refractivity contribution in [2.45, 2.75) is 20.0 Å². The van der Waals surface area contributed by atoms with Gasteiger partial charge in [0.15, 0.2) is 0 Å². The van der Waals surface area contributed by atoms with E-state index >= 15 is 0 Å². The first-order valence-corrected chi connectivity index (χ1v) is 6.68. The monoisotopic (exact) mass is 242 g/mol. The Kier molecular flexibility index (Phi) is 3.77. The average Bonchev–Trinajstić information content (AvgIpc) is 2.35. The minimum absolute atomic E-state index is 0.0860. The van der Waals surface area contributed by atoms with E-state index < -0.39 is 0 Å². The molecule has 0 aliphatic rings. The van der Waals surface area contributed by atoms with E-state index in [2.05, 4.69) is 62.4 Å². The van der Waals surface area contributed by atoms with Gasteiger partial charge in [-0.15, -0.1) is 0 Å². The molecule has 0 aromatic heterocycles. The summed E-state index contributed by atoms with van der Waals surface area (Å²) in [5.41, 5.74) is 5.03. The summed E-state index contributed by atoms with van der Waals surface area (Å²) < 4.78 is 5.74. The van der Waals surface area contributed by atoms with Crippen molar-refractivity contribution in [3.05, 3.63) is 70.8 Å². The zero-order valence-corrected chi connectivity index (χ0v) is 12.6. The molecule has 2 aromatic carbocycles. The van der Waals surface area contributed by atoms with Crippen molar-refractivity contribution in [3.8, 4) is 0 Å². The molecule has 0 radical (unpaired) electrons. The molecule has 2 heteroatoms. The minimum Gasteiger partial charge on any atom is -0.417 e. The van der Waals surface area contributed by atoms with E-state index in [1.165, 1.54) is 22.3 Å². The lowest BCUT2D eigenvalue weighted by atomic mass is 10.00. The van der Waals surface area contributed by atoms with Gasteiger partial charge in [-0.1, -0.05) is 59.7 Å². The predicted molar refractivity (Wildman–Crippen MR) is 75.2 cm³/mol. The zero-order valence-electron chi connectivity index (χ0n) is 10.6. The van der Waals surface area contributed by atoms with Crippen LogP contribution in [0.4, 0.5) is 0 Å². The largest absolute Gasteiger partial charge is 0.417 e. The highest BCUT2D eigenvalue weighted by molar-refractivity contribution is 5.98. The molecule has 0 bridgehead atoms. The first kappa shape index (κ1) is 12.1. The molecule has 0 aliphatic heterocycles. The Morgan fingerprint density at radius 2 is 1.12 bits per heavy atom. The van der Waals surface area contributed by atoms with Crippen LogP contribution in [0.1, 0.15) is 28.4 Å². The Balaban J connectivity index is 2.33. The SMILES string of the molecule is Cc1ccc(C(O[SiH3])c2ccc(C)cc2)cc1. The normalized spacial score (nSPS) is 11.0. The minimum atomic E-state index is 0.0860. The van der Waals surface area contributed by atoms with Crippen LogP contribution in [0.15, 0.2) is 48.5 Å². The quantitative estimate of drug-likeness (QED) is 0.752. The molecule has 0 aliphatic carbocycles. The van der Waals surface area contributed by atoms with Crippen molar-refractivity contribution in [2.75, 3.05) is 0 Å². The van der Waals surface area contributed by atoms with Crippen molar-refractivity contribution >= 4 is 10.5 Å². The summed E-state index contributed by atoms with van der Waals surface area (Å²) in [6.45, 7) is 4.21. The van der Waals surface area contributed by atoms with E-state index in [-0.39, 0.29) is 6.10 Å². The van der Waals surface area contributed by atoms with Gasteiger partial charge in [-0.3, -0.25) is 0 Å². The molecular weight excluding hydrogens is 224 g/mol. The Morgan fingerprint density at radius 1 is 0.765 bits per heavy atom. The highest BCUT2D eigenvalue weighted by Gasteiger charge is 2.11. The molecule has 88 valence electrons. The first-order valence-electron chi connectivity index (χ1n) is 5.86. The number of rotatable bonds is 3. The van der Waals surface area contributed by atoms with Gasteiger partial charge < -0.3 is 4.43 Å². The predicted octanol–water partition coefficient (Wildman–Crippen LogP) is 2.69. The Bertz CT molecular complexity index is 428. The van der Waals surface area contributed by atoms with Crippen LogP contribution in [0.5, 0.6) is 0 Å². The average molecular weight is 242 g/mol. The van der Waals surface area contributed by atoms with Crippen molar-refractivity contribution in [1.29, 1.82) is 0 Å². The third-order valence-electron chi connectivity index (χ3n) is 3.00. The van der Waals surface area contributed by atoms with Crippen LogP contribution in [-0.2, 0) is 4.43 Å². The van der Waals surface area contributed by atoms with Crippen LogP contribution < -0.4 is 0 Å². The number of benzene rings is 2. The van der Waals surface area contributed by atoms with Gasteiger partial charge >= 0.3 is 0 Å². The molecule has 0 saturated carbocycles. The summed E-state index contributed by atoms with van der Waals surface area (Å²) >= 11 is 0. The van der Waals surface area contributed by atoms with Crippen LogP contribution in [0.3, 0.4) is 0 Å². The third-order valence-corrected chi connectivity index (χ3v) is 3.47. The van der Waals surface area contributed by atoms with Crippen LogP contribution in [0.2, 0.25) is 0 Å². The number of hydrogen-bond acceptors (Lipinski definition) is 1. The highest BCUT2D eigenvalue weighted by Crippen LogP contribution is 2.25. The lowest BCUT2D eigenvalue weighted by molar-refractivity contribution is 0.273. The van der Waals surface area contributed by atoms with Gasteiger partial charge in [-0.25, -0.2) is 0 Å². The van der Waals surface area contributed by atoms with Crippen LogP contribution >= 0.6 is 0 Å². The topological polar surface area (TPSA) is 9.23 Å². The van der Waals surface area contributed by atoms with Crippen LogP contribution in [-0.4, -0.2) is 10.5 Å². The van der Waals surface area contributed by atoms with E-state index in [0.717, 1.165) is 10.5 Å². The van der Waals surface area contributed by atoms with Crippen molar-refractivity contribution in [1.82, 2.24) is 0 Å². The van der Waals surface area contributed by atoms with Crippen molar-refractivity contribution in [3.63, 3.8) is 0 Å². The molecule has 0 atom stereocenters. The van der Waals surface area contributed by atoms with Crippen LogP contribution in [0.25, 0.3) is 0 Å². The van der Waals surface area contributed by atoms with Gasteiger partial charge in [-0.2, -0.15) is 0 Å². The molecule has 2 aromatic rings. The second-order valence-electron chi connectivity index (χ2n) is 4.44. The molecule has 0 saturated heterocycles. The van der Waals surface area contributed by atoms with E-state index in [0.29, 0.717) is 0 Å². The van der Waals surface area contributed by atoms with Gasteiger partial charge in [0.2, 0.25) is 0 Å². The molecule has 1 nitrogen and oxygen atoms in total. The van der Waals surface area contributed by atoms with Gasteiger partial charge in [0, 0.05) is 0 Å². The Labute approximate surface area is 106 Å². The Hall–Kier alpha value is -1.38.